The van der Waals surface area contributed by atoms with Crippen LogP contribution in [0.4, 0.5) is 0 Å². The predicted molar refractivity (Wildman–Crippen MR) is 210 cm³/mol. The van der Waals surface area contributed by atoms with Crippen LogP contribution in [-0.4, -0.2) is 130 Å². The number of hydrogen-bond donors (Lipinski definition) is 9. The number of amides is 8. The standard InChI is InChI=1S/C38H50N8O11S/c1-21(2)33-37(56)43-25(13-14-32(51)52)38(57)46(3)18-30(49)41-26(16-23-9-11-24(47)12-10-23)35(54)44-28(34(53)40-17-29(39)48)19-58-20-31(50)42-27(36(55)45-33)15-22-7-5-4-6-8-22/h4-12,21,25-28,33,47H,13-20H2,1-3H3,(H2,39,48)(H,40,53)(H,41,49)(H,42,50)(H,43,56)(H,44,54)(H,45,55)(H,51,52)/t25-,26-,27-,28-,33?/m0/s1. The van der Waals surface area contributed by atoms with Gasteiger partial charge in [-0.05, 0) is 35.6 Å². The lowest BCUT2D eigenvalue weighted by molar-refractivity contribution is -0.141. The van der Waals surface area contributed by atoms with Crippen LogP contribution in [0.3, 0.4) is 0 Å². The number of primary amides is 1. The van der Waals surface area contributed by atoms with E-state index in [0.717, 1.165) is 16.7 Å². The highest BCUT2D eigenvalue weighted by atomic mass is 32.2. The molecule has 0 bridgehead atoms. The molecule has 0 saturated carbocycles. The average Bonchev–Trinajstić information content (AvgIpc) is 3.16. The lowest BCUT2D eigenvalue weighted by atomic mass is 10.00. The summed E-state index contributed by atoms with van der Waals surface area (Å²) in [7, 11) is 1.24. The number of rotatable bonds is 11. The molecule has 2 aromatic rings. The summed E-state index contributed by atoms with van der Waals surface area (Å²) in [5.41, 5.74) is 6.36. The van der Waals surface area contributed by atoms with Crippen molar-refractivity contribution in [2.45, 2.75) is 69.7 Å². The van der Waals surface area contributed by atoms with Gasteiger partial charge in [0.2, 0.25) is 47.3 Å². The third kappa shape index (κ3) is 15.4. The molecule has 19 nitrogen and oxygen atoms in total. The van der Waals surface area contributed by atoms with E-state index in [1.165, 1.54) is 31.3 Å². The van der Waals surface area contributed by atoms with E-state index in [-0.39, 0.29) is 36.5 Å². The zero-order valence-electron chi connectivity index (χ0n) is 32.3. The first kappa shape index (κ1) is 46.2. The maximum absolute atomic E-state index is 13.8. The Morgan fingerprint density at radius 2 is 1.40 bits per heavy atom. The average molecular weight is 827 g/mol. The van der Waals surface area contributed by atoms with E-state index in [4.69, 9.17) is 5.73 Å². The van der Waals surface area contributed by atoms with Crippen molar-refractivity contribution in [3.63, 3.8) is 0 Å². The first-order valence-corrected chi connectivity index (χ1v) is 19.5. The SMILES string of the molecule is CC(C)C1NC(=O)[C@H](Cc2ccccc2)NC(=O)CSC[C@@H](C(=O)NCC(N)=O)NC(=O)[C@H](Cc2ccc(O)cc2)NC(=O)CN(C)C(=O)[C@H](CCC(=O)O)NC1=O. The Bertz CT molecular complexity index is 1810. The van der Waals surface area contributed by atoms with Gasteiger partial charge < -0.3 is 52.7 Å². The molecule has 1 saturated heterocycles. The fourth-order valence-electron chi connectivity index (χ4n) is 5.77. The van der Waals surface area contributed by atoms with Crippen LogP contribution < -0.4 is 37.6 Å². The van der Waals surface area contributed by atoms with Crippen molar-refractivity contribution in [2.75, 3.05) is 31.6 Å². The van der Waals surface area contributed by atoms with Gasteiger partial charge in [-0.3, -0.25) is 43.2 Å². The number of hydrogen-bond acceptors (Lipinski definition) is 11. The monoisotopic (exact) mass is 826 g/mol. The van der Waals surface area contributed by atoms with E-state index >= 15 is 0 Å². The molecule has 1 aliphatic heterocycles. The minimum atomic E-state index is -1.46. The summed E-state index contributed by atoms with van der Waals surface area (Å²) in [5.74, 6) is -8.85. The molecule has 0 aromatic heterocycles. The number of carboxylic acid groups (broad SMARTS) is 1. The Kier molecular flexibility index (Phi) is 17.9. The Morgan fingerprint density at radius 3 is 1.98 bits per heavy atom. The fraction of sp³-hybridized carbons (Fsp3) is 0.447. The van der Waals surface area contributed by atoms with Crippen molar-refractivity contribution in [2.24, 2.45) is 11.7 Å². The molecular formula is C38H50N8O11S. The molecule has 0 aliphatic carbocycles. The van der Waals surface area contributed by atoms with Gasteiger partial charge >= 0.3 is 5.97 Å². The van der Waals surface area contributed by atoms with Crippen molar-refractivity contribution in [3.05, 3.63) is 65.7 Å². The molecule has 58 heavy (non-hydrogen) atoms. The normalized spacial score (nSPS) is 22.0. The number of carboxylic acids is 1. The quantitative estimate of drug-likeness (QED) is 0.118. The second-order valence-electron chi connectivity index (χ2n) is 14.0. The first-order valence-electron chi connectivity index (χ1n) is 18.4. The van der Waals surface area contributed by atoms with Crippen LogP contribution in [0.1, 0.15) is 37.8 Å². The largest absolute Gasteiger partial charge is 0.508 e. The van der Waals surface area contributed by atoms with Gasteiger partial charge in [-0.15, -0.1) is 11.8 Å². The number of likely N-dealkylation sites (N-methyl/N-ethyl adjacent to an activating group) is 1. The lowest BCUT2D eigenvalue weighted by Crippen LogP contribution is -2.59. The molecule has 20 heteroatoms. The van der Waals surface area contributed by atoms with E-state index in [1.54, 1.807) is 44.2 Å². The van der Waals surface area contributed by atoms with Crippen LogP contribution in [0.15, 0.2) is 54.6 Å². The molecule has 10 N–H and O–H groups in total. The van der Waals surface area contributed by atoms with Crippen LogP contribution in [0.25, 0.3) is 0 Å². The van der Waals surface area contributed by atoms with Crippen LogP contribution in [0.2, 0.25) is 0 Å². The summed E-state index contributed by atoms with van der Waals surface area (Å²) in [5, 5.41) is 34.4. The van der Waals surface area contributed by atoms with E-state index in [9.17, 15) is 53.4 Å². The summed E-state index contributed by atoms with van der Waals surface area (Å²) >= 11 is 0.916. The number of thioether (sulfide) groups is 1. The van der Waals surface area contributed by atoms with Crippen LogP contribution >= 0.6 is 11.8 Å². The molecule has 0 radical (unpaired) electrons. The van der Waals surface area contributed by atoms with E-state index in [1.807, 2.05) is 0 Å². The van der Waals surface area contributed by atoms with Crippen molar-refractivity contribution in [3.8, 4) is 5.75 Å². The van der Waals surface area contributed by atoms with Gasteiger partial charge in [0.15, 0.2) is 0 Å². The van der Waals surface area contributed by atoms with Gasteiger partial charge in [-0.1, -0.05) is 56.3 Å². The number of phenols is 1. The smallest absolute Gasteiger partial charge is 0.303 e. The van der Waals surface area contributed by atoms with Gasteiger partial charge in [-0.2, -0.15) is 0 Å². The van der Waals surface area contributed by atoms with E-state index < -0.39 is 109 Å². The Morgan fingerprint density at radius 1 is 0.810 bits per heavy atom. The van der Waals surface area contributed by atoms with Gasteiger partial charge in [0, 0.05) is 32.1 Å². The maximum Gasteiger partial charge on any atom is 0.303 e. The second-order valence-corrected chi connectivity index (χ2v) is 15.0. The summed E-state index contributed by atoms with van der Waals surface area (Å²) in [4.78, 5) is 119. The van der Waals surface area contributed by atoms with Crippen molar-refractivity contribution in [1.29, 1.82) is 0 Å². The highest BCUT2D eigenvalue weighted by molar-refractivity contribution is 8.00. The number of carbonyl (C=O) groups excluding carboxylic acids is 8. The van der Waals surface area contributed by atoms with Crippen molar-refractivity contribution >= 4 is 65.0 Å². The molecule has 0 spiro atoms. The molecule has 314 valence electrons. The van der Waals surface area contributed by atoms with Crippen LogP contribution in [-0.2, 0) is 56.0 Å². The van der Waals surface area contributed by atoms with Crippen molar-refractivity contribution in [1.82, 2.24) is 36.8 Å². The summed E-state index contributed by atoms with van der Waals surface area (Å²) in [6.45, 7) is 2.05. The molecular weight excluding hydrogens is 777 g/mol. The third-order valence-corrected chi connectivity index (χ3v) is 9.85. The first-order chi connectivity index (χ1) is 27.4. The molecule has 1 unspecified atom stereocenters. The minimum absolute atomic E-state index is 0.0116. The number of carbonyl (C=O) groups is 9. The highest BCUT2D eigenvalue weighted by Crippen LogP contribution is 2.14. The number of nitrogens with two attached hydrogens (primary N) is 1. The van der Waals surface area contributed by atoms with Gasteiger partial charge in [0.05, 0.1) is 18.8 Å². The van der Waals surface area contributed by atoms with E-state index in [2.05, 4.69) is 31.9 Å². The predicted octanol–water partition coefficient (Wildman–Crippen LogP) is -2.07. The lowest BCUT2D eigenvalue weighted by Gasteiger charge is -2.29. The minimum Gasteiger partial charge on any atom is -0.508 e. The number of nitrogens with one attached hydrogen (secondary N) is 6. The van der Waals surface area contributed by atoms with Crippen LogP contribution in [0.5, 0.6) is 5.75 Å². The number of aromatic hydroxyl groups is 1. The number of benzene rings is 2. The Hall–Kier alpha value is -6.18. The molecule has 1 fully saturated rings. The van der Waals surface area contributed by atoms with Gasteiger partial charge in [0.1, 0.15) is 36.0 Å². The molecule has 8 amide bonds. The number of phenolic OH excluding ortho intramolecular Hbond substituents is 1. The zero-order chi connectivity index (χ0) is 42.9. The summed E-state index contributed by atoms with van der Waals surface area (Å²) in [6, 6.07) is 7.79. The molecule has 5 atom stereocenters. The Labute approximate surface area is 339 Å². The van der Waals surface area contributed by atoms with Gasteiger partial charge in [0.25, 0.3) is 0 Å². The summed E-state index contributed by atoms with van der Waals surface area (Å²) < 4.78 is 0. The Balaban J connectivity index is 2.04. The molecule has 3 rings (SSSR count). The van der Waals surface area contributed by atoms with Crippen LogP contribution in [0, 0.1) is 5.92 Å². The third-order valence-electron chi connectivity index (χ3n) is 8.82. The molecule has 1 heterocycles. The maximum atomic E-state index is 13.8. The topological polar surface area (TPSA) is 296 Å². The fourth-order valence-corrected chi connectivity index (χ4v) is 6.63. The number of aliphatic carboxylic acids is 1. The highest BCUT2D eigenvalue weighted by Gasteiger charge is 2.34. The van der Waals surface area contributed by atoms with E-state index in [0.29, 0.717) is 11.1 Å². The molecule has 2 aromatic carbocycles. The second kappa shape index (κ2) is 22.5. The number of nitrogens with zero attached hydrogens (tertiary/aromatic N) is 1. The zero-order valence-corrected chi connectivity index (χ0v) is 33.1. The van der Waals surface area contributed by atoms with Crippen molar-refractivity contribution < 1.29 is 53.4 Å². The van der Waals surface area contributed by atoms with Gasteiger partial charge in [-0.25, -0.2) is 0 Å². The summed E-state index contributed by atoms with van der Waals surface area (Å²) in [6.07, 6.45) is -1.06. The molecule has 1 aliphatic rings.